The Kier molecular flexibility index (Phi) is 3.27. The Bertz CT molecular complexity index is 249. The molecule has 1 N–H and O–H groups in total. The van der Waals surface area contributed by atoms with Gasteiger partial charge in [-0.1, -0.05) is 11.7 Å². The smallest absolute Gasteiger partial charge is 0.184 e. The predicted octanol–water partition coefficient (Wildman–Crippen LogP) is 0.585. The van der Waals surface area contributed by atoms with Crippen molar-refractivity contribution < 1.29 is 14.6 Å². The fourth-order valence-electron chi connectivity index (χ4n) is 1.18. The Morgan fingerprint density at radius 1 is 1.85 bits per heavy atom. The molecule has 0 amide bonds. The number of ether oxygens (including phenoxy) is 2. The summed E-state index contributed by atoms with van der Waals surface area (Å²) in [6.45, 7) is 3.86. The van der Waals surface area contributed by atoms with Gasteiger partial charge in [-0.05, 0) is 11.1 Å². The number of azide groups is 1. The molecule has 0 spiro atoms. The highest BCUT2D eigenvalue weighted by Gasteiger charge is 2.34. The van der Waals surface area contributed by atoms with Crippen molar-refractivity contribution in [1.82, 2.24) is 0 Å². The Balaban J connectivity index is 2.77. The van der Waals surface area contributed by atoms with Crippen LogP contribution in [0.5, 0.6) is 0 Å². The number of methoxy groups -OCH3 is 1. The third kappa shape index (κ3) is 1.99. The van der Waals surface area contributed by atoms with Crippen LogP contribution in [-0.4, -0.2) is 37.3 Å². The molecule has 1 rings (SSSR count). The van der Waals surface area contributed by atoms with E-state index in [0.29, 0.717) is 5.57 Å². The van der Waals surface area contributed by atoms with Gasteiger partial charge in [0, 0.05) is 12.0 Å². The van der Waals surface area contributed by atoms with Gasteiger partial charge in [0.1, 0.15) is 6.10 Å². The lowest BCUT2D eigenvalue weighted by atomic mass is 10.0. The van der Waals surface area contributed by atoms with Crippen LogP contribution in [0.1, 0.15) is 0 Å². The molecule has 13 heavy (non-hydrogen) atoms. The van der Waals surface area contributed by atoms with Gasteiger partial charge < -0.3 is 14.6 Å². The summed E-state index contributed by atoms with van der Waals surface area (Å²) in [5, 5.41) is 13.0. The fourth-order valence-corrected chi connectivity index (χ4v) is 1.18. The van der Waals surface area contributed by atoms with Gasteiger partial charge in [-0.15, -0.1) is 0 Å². The molecule has 3 atom stereocenters. The van der Waals surface area contributed by atoms with Gasteiger partial charge in [-0.25, -0.2) is 0 Å². The molecular weight excluding hydrogens is 174 g/mol. The van der Waals surface area contributed by atoms with E-state index >= 15 is 0 Å². The second kappa shape index (κ2) is 4.25. The molecule has 1 aliphatic heterocycles. The van der Waals surface area contributed by atoms with Gasteiger partial charge >= 0.3 is 0 Å². The summed E-state index contributed by atoms with van der Waals surface area (Å²) in [6.07, 6.45) is -1.73. The maximum Gasteiger partial charge on any atom is 0.184 e. The molecule has 0 aromatic rings. The minimum atomic E-state index is -0.984. The lowest BCUT2D eigenvalue weighted by Gasteiger charge is -2.32. The zero-order valence-electron chi connectivity index (χ0n) is 7.25. The van der Waals surface area contributed by atoms with Crippen LogP contribution >= 0.6 is 0 Å². The molecule has 0 radical (unpaired) electrons. The van der Waals surface area contributed by atoms with Crippen LogP contribution in [0.2, 0.25) is 0 Å². The van der Waals surface area contributed by atoms with Crippen molar-refractivity contribution in [3.8, 4) is 0 Å². The average Bonchev–Trinajstić information content (AvgIpc) is 2.12. The summed E-state index contributed by atoms with van der Waals surface area (Å²) in [7, 11) is 1.41. The maximum atomic E-state index is 9.55. The van der Waals surface area contributed by atoms with Gasteiger partial charge in [0.05, 0.1) is 12.6 Å². The Hall–Kier alpha value is -1.07. The first-order chi connectivity index (χ1) is 6.20. The molecule has 0 saturated carbocycles. The van der Waals surface area contributed by atoms with Gasteiger partial charge in [0.2, 0.25) is 0 Å². The number of nitrogens with zero attached hydrogens (tertiary/aromatic N) is 3. The summed E-state index contributed by atoms with van der Waals surface area (Å²) < 4.78 is 9.90. The number of hydrogen-bond acceptors (Lipinski definition) is 4. The third-order valence-corrected chi connectivity index (χ3v) is 1.86. The van der Waals surface area contributed by atoms with Crippen molar-refractivity contribution in [3.63, 3.8) is 0 Å². The van der Waals surface area contributed by atoms with E-state index in [2.05, 4.69) is 16.6 Å². The summed E-state index contributed by atoms with van der Waals surface area (Å²) in [5.74, 6) is 0. The molecule has 1 fully saturated rings. The van der Waals surface area contributed by atoms with Crippen LogP contribution in [0.4, 0.5) is 0 Å². The average molecular weight is 185 g/mol. The maximum absolute atomic E-state index is 9.55. The van der Waals surface area contributed by atoms with Gasteiger partial charge in [0.25, 0.3) is 0 Å². The molecule has 0 aromatic carbocycles. The third-order valence-electron chi connectivity index (χ3n) is 1.86. The lowest BCUT2D eigenvalue weighted by Crippen LogP contribution is -2.45. The molecule has 72 valence electrons. The Labute approximate surface area is 75.4 Å². The van der Waals surface area contributed by atoms with Crippen LogP contribution in [0.15, 0.2) is 17.3 Å². The van der Waals surface area contributed by atoms with Crippen LogP contribution in [0.25, 0.3) is 10.4 Å². The number of aliphatic hydroxyl groups excluding tert-OH is 1. The molecule has 6 heteroatoms. The largest absolute Gasteiger partial charge is 0.387 e. The summed E-state index contributed by atoms with van der Waals surface area (Å²) >= 11 is 0. The molecule has 0 aliphatic carbocycles. The predicted molar refractivity (Wildman–Crippen MR) is 44.8 cm³/mol. The standard InChI is InChI=1S/C7H11N3O3/c1-4-3-13-7(12-2)6(11)5(4)9-10-8/h5-7,11H,1,3H2,2H3. The topological polar surface area (TPSA) is 87.5 Å². The highest BCUT2D eigenvalue weighted by molar-refractivity contribution is 5.12. The first-order valence-corrected chi connectivity index (χ1v) is 3.75. The molecule has 0 bridgehead atoms. The number of rotatable bonds is 2. The van der Waals surface area contributed by atoms with Gasteiger partial charge in [0.15, 0.2) is 6.29 Å². The van der Waals surface area contributed by atoms with E-state index in [1.165, 1.54) is 7.11 Å². The van der Waals surface area contributed by atoms with Crippen molar-refractivity contribution in [2.75, 3.05) is 13.7 Å². The van der Waals surface area contributed by atoms with Crippen molar-refractivity contribution in [2.45, 2.75) is 18.4 Å². The van der Waals surface area contributed by atoms with E-state index in [1.54, 1.807) is 0 Å². The van der Waals surface area contributed by atoms with E-state index in [9.17, 15) is 5.11 Å². The lowest BCUT2D eigenvalue weighted by molar-refractivity contribution is -0.192. The van der Waals surface area contributed by atoms with Crippen molar-refractivity contribution >= 4 is 0 Å². The highest BCUT2D eigenvalue weighted by atomic mass is 16.7. The van der Waals surface area contributed by atoms with Gasteiger partial charge in [-0.2, -0.15) is 0 Å². The molecule has 0 aromatic heterocycles. The molecule has 1 aliphatic rings. The summed E-state index contributed by atoms with van der Waals surface area (Å²) in [4.78, 5) is 2.62. The number of aliphatic hydroxyl groups is 1. The monoisotopic (exact) mass is 185 g/mol. The summed E-state index contributed by atoms with van der Waals surface area (Å²) in [6, 6.07) is -0.663. The first kappa shape index (κ1) is 10.0. The van der Waals surface area contributed by atoms with E-state index in [-0.39, 0.29) is 6.61 Å². The van der Waals surface area contributed by atoms with Crippen molar-refractivity contribution in [2.24, 2.45) is 5.11 Å². The van der Waals surface area contributed by atoms with Crippen LogP contribution < -0.4 is 0 Å². The minimum absolute atomic E-state index is 0.235. The van der Waals surface area contributed by atoms with Crippen LogP contribution in [-0.2, 0) is 9.47 Å². The van der Waals surface area contributed by atoms with Crippen molar-refractivity contribution in [1.29, 1.82) is 0 Å². The molecule has 3 unspecified atom stereocenters. The van der Waals surface area contributed by atoms with Crippen LogP contribution in [0, 0.1) is 0 Å². The Morgan fingerprint density at radius 3 is 3.08 bits per heavy atom. The molecule has 6 nitrogen and oxygen atoms in total. The van der Waals surface area contributed by atoms with E-state index < -0.39 is 18.4 Å². The van der Waals surface area contributed by atoms with E-state index in [1.807, 2.05) is 0 Å². The second-order valence-electron chi connectivity index (χ2n) is 2.71. The molecule has 1 heterocycles. The van der Waals surface area contributed by atoms with E-state index in [0.717, 1.165) is 0 Å². The molecular formula is C7H11N3O3. The SMILES string of the molecule is C=C1COC(OC)C(O)C1N=[N+]=[N-]. The highest BCUT2D eigenvalue weighted by Crippen LogP contribution is 2.21. The van der Waals surface area contributed by atoms with Crippen LogP contribution in [0.3, 0.4) is 0 Å². The minimum Gasteiger partial charge on any atom is -0.387 e. The zero-order valence-corrected chi connectivity index (χ0v) is 7.25. The van der Waals surface area contributed by atoms with Gasteiger partial charge in [-0.3, -0.25) is 0 Å². The normalized spacial score (nSPS) is 34.0. The fraction of sp³-hybridized carbons (Fsp3) is 0.714. The Morgan fingerprint density at radius 2 is 2.54 bits per heavy atom. The number of hydrogen-bond donors (Lipinski definition) is 1. The second-order valence-corrected chi connectivity index (χ2v) is 2.71. The molecule has 1 saturated heterocycles. The quantitative estimate of drug-likeness (QED) is 0.295. The summed E-state index contributed by atoms with van der Waals surface area (Å²) in [5.41, 5.74) is 8.79. The van der Waals surface area contributed by atoms with Crippen molar-refractivity contribution in [3.05, 3.63) is 22.6 Å². The first-order valence-electron chi connectivity index (χ1n) is 3.75. The zero-order chi connectivity index (χ0) is 9.84. The van der Waals surface area contributed by atoms with E-state index in [4.69, 9.17) is 15.0 Å².